The van der Waals surface area contributed by atoms with Crippen LogP contribution in [-0.2, 0) is 18.5 Å². The summed E-state index contributed by atoms with van der Waals surface area (Å²) in [5.74, 6) is 0.257. The quantitative estimate of drug-likeness (QED) is 0.357. The standard InChI is InChI=1S/C28H33N9O2/c1-16-7-8-19(17(2)25(16)32-26(38)22-13-30-23(14-29-22)28(3,4)5)20-12-21(27(39)34-33-20)31-24-11-18-15-36(6)9-10-37(18)35-24/h7-8,11-14H,9-10,15H2,1-6H3,(H,32,38)(H,34,39)(H,31,33,35). The number of carbonyl (C=O) groups is 1. The molecule has 0 unspecified atom stereocenters. The van der Waals surface area contributed by atoms with Gasteiger partial charge in [0.1, 0.15) is 11.4 Å². The zero-order valence-electron chi connectivity index (χ0n) is 23.1. The molecule has 0 aliphatic carbocycles. The first-order valence-electron chi connectivity index (χ1n) is 12.9. The smallest absolute Gasteiger partial charge is 0.287 e. The minimum Gasteiger partial charge on any atom is -0.334 e. The summed E-state index contributed by atoms with van der Waals surface area (Å²) >= 11 is 0. The number of hydrogen-bond acceptors (Lipinski definition) is 8. The second-order valence-corrected chi connectivity index (χ2v) is 11.0. The largest absolute Gasteiger partial charge is 0.334 e. The Hall–Kier alpha value is -4.38. The van der Waals surface area contributed by atoms with Crippen LogP contribution in [-0.4, -0.2) is 54.3 Å². The molecule has 1 amide bonds. The zero-order chi connectivity index (χ0) is 27.9. The molecule has 0 saturated carbocycles. The minimum atomic E-state index is -0.350. The number of hydrogen-bond donors (Lipinski definition) is 3. The van der Waals surface area contributed by atoms with Crippen molar-refractivity contribution in [1.29, 1.82) is 0 Å². The summed E-state index contributed by atoms with van der Waals surface area (Å²) in [4.78, 5) is 36.6. The Balaban J connectivity index is 1.41. The summed E-state index contributed by atoms with van der Waals surface area (Å²) in [5.41, 5.74) is 5.65. The Labute approximate surface area is 226 Å². The normalized spacial score (nSPS) is 13.7. The second-order valence-electron chi connectivity index (χ2n) is 11.0. The lowest BCUT2D eigenvalue weighted by molar-refractivity contribution is 0.102. The number of H-pyrrole nitrogens is 1. The third-order valence-corrected chi connectivity index (χ3v) is 6.90. The van der Waals surface area contributed by atoms with Crippen LogP contribution in [0.4, 0.5) is 17.2 Å². The number of anilines is 3. The maximum Gasteiger partial charge on any atom is 0.287 e. The van der Waals surface area contributed by atoms with Gasteiger partial charge in [-0.05, 0) is 38.1 Å². The van der Waals surface area contributed by atoms with Crippen molar-refractivity contribution in [3.05, 3.63) is 75.2 Å². The average Bonchev–Trinajstić information content (AvgIpc) is 3.29. The van der Waals surface area contributed by atoms with Crippen LogP contribution >= 0.6 is 0 Å². The van der Waals surface area contributed by atoms with Gasteiger partial charge < -0.3 is 10.6 Å². The van der Waals surface area contributed by atoms with Gasteiger partial charge in [-0.25, -0.2) is 10.1 Å². The number of nitrogens with one attached hydrogen (secondary N) is 3. The lowest BCUT2D eigenvalue weighted by atomic mass is 9.93. The third kappa shape index (κ3) is 5.44. The van der Waals surface area contributed by atoms with Gasteiger partial charge in [0.15, 0.2) is 5.82 Å². The zero-order valence-corrected chi connectivity index (χ0v) is 23.1. The molecule has 0 atom stereocenters. The summed E-state index contributed by atoms with van der Waals surface area (Å²) in [6, 6.07) is 7.49. The van der Waals surface area contributed by atoms with E-state index < -0.39 is 0 Å². The van der Waals surface area contributed by atoms with E-state index in [0.717, 1.165) is 47.7 Å². The topological polar surface area (TPSA) is 134 Å². The van der Waals surface area contributed by atoms with Crippen LogP contribution in [0.2, 0.25) is 0 Å². The number of amides is 1. The Morgan fingerprint density at radius 3 is 2.59 bits per heavy atom. The molecule has 0 spiro atoms. The van der Waals surface area contributed by atoms with Crippen molar-refractivity contribution in [3.8, 4) is 11.3 Å². The van der Waals surface area contributed by atoms with E-state index in [-0.39, 0.29) is 22.6 Å². The van der Waals surface area contributed by atoms with Gasteiger partial charge in [0.2, 0.25) is 0 Å². The van der Waals surface area contributed by atoms with Crippen molar-refractivity contribution in [2.45, 2.75) is 53.1 Å². The van der Waals surface area contributed by atoms with Crippen molar-refractivity contribution in [2.24, 2.45) is 0 Å². The van der Waals surface area contributed by atoms with E-state index >= 15 is 0 Å². The number of aromatic nitrogens is 6. The molecule has 5 rings (SSSR count). The molecule has 4 heterocycles. The number of aromatic amines is 1. The first-order valence-corrected chi connectivity index (χ1v) is 12.9. The van der Waals surface area contributed by atoms with Crippen molar-refractivity contribution in [3.63, 3.8) is 0 Å². The minimum absolute atomic E-state index is 0.158. The van der Waals surface area contributed by atoms with Crippen molar-refractivity contribution >= 4 is 23.1 Å². The van der Waals surface area contributed by atoms with Crippen molar-refractivity contribution in [2.75, 3.05) is 24.2 Å². The van der Waals surface area contributed by atoms with Gasteiger partial charge in [-0.1, -0.05) is 32.9 Å². The SMILES string of the molecule is Cc1ccc(-c2cc(Nc3cc4n(n3)CCN(C)C4)c(=O)[nH]n2)c(C)c1NC(=O)c1cnc(C(C)(C)C)cn1. The van der Waals surface area contributed by atoms with Gasteiger partial charge in [-0.15, -0.1) is 0 Å². The molecule has 39 heavy (non-hydrogen) atoms. The van der Waals surface area contributed by atoms with Crippen LogP contribution in [0.3, 0.4) is 0 Å². The van der Waals surface area contributed by atoms with Gasteiger partial charge >= 0.3 is 0 Å². The lowest BCUT2D eigenvalue weighted by Gasteiger charge is -2.22. The van der Waals surface area contributed by atoms with Crippen LogP contribution in [0.5, 0.6) is 0 Å². The number of fused-ring (bicyclic) bond motifs is 1. The fraction of sp³-hybridized carbons (Fsp3) is 0.357. The number of nitrogens with zero attached hydrogens (tertiary/aromatic N) is 6. The highest BCUT2D eigenvalue weighted by Crippen LogP contribution is 2.31. The molecule has 1 aromatic carbocycles. The molecular formula is C28H33N9O2. The highest BCUT2D eigenvalue weighted by Gasteiger charge is 2.20. The first kappa shape index (κ1) is 26.2. The highest BCUT2D eigenvalue weighted by atomic mass is 16.2. The molecule has 1 aliphatic heterocycles. The fourth-order valence-electron chi connectivity index (χ4n) is 4.56. The summed E-state index contributed by atoms with van der Waals surface area (Å²) < 4.78 is 1.96. The van der Waals surface area contributed by atoms with E-state index in [1.807, 2.05) is 57.5 Å². The molecule has 0 fully saturated rings. The molecule has 0 radical (unpaired) electrons. The lowest BCUT2D eigenvalue weighted by Crippen LogP contribution is -2.30. The molecule has 11 nitrogen and oxygen atoms in total. The van der Waals surface area contributed by atoms with Crippen LogP contribution < -0.4 is 16.2 Å². The predicted molar refractivity (Wildman–Crippen MR) is 150 cm³/mol. The fourth-order valence-corrected chi connectivity index (χ4v) is 4.56. The third-order valence-electron chi connectivity index (χ3n) is 6.90. The maximum atomic E-state index is 13.0. The van der Waals surface area contributed by atoms with Crippen molar-refractivity contribution < 1.29 is 4.79 Å². The number of rotatable bonds is 5. The Bertz CT molecular complexity index is 1600. The monoisotopic (exact) mass is 527 g/mol. The summed E-state index contributed by atoms with van der Waals surface area (Å²) in [7, 11) is 2.07. The van der Waals surface area contributed by atoms with Crippen LogP contribution in [0.25, 0.3) is 11.3 Å². The van der Waals surface area contributed by atoms with Gasteiger partial charge in [-0.2, -0.15) is 10.2 Å². The van der Waals surface area contributed by atoms with E-state index in [0.29, 0.717) is 22.9 Å². The van der Waals surface area contributed by atoms with Crippen LogP contribution in [0, 0.1) is 13.8 Å². The molecule has 202 valence electrons. The van der Waals surface area contributed by atoms with Crippen molar-refractivity contribution in [1.82, 2.24) is 34.8 Å². The second kappa shape index (κ2) is 10.1. The van der Waals surface area contributed by atoms with Gasteiger partial charge in [0.05, 0.1) is 29.8 Å². The average molecular weight is 528 g/mol. The summed E-state index contributed by atoms with van der Waals surface area (Å²) in [6.45, 7) is 12.5. The Morgan fingerprint density at radius 2 is 1.87 bits per heavy atom. The van der Waals surface area contributed by atoms with E-state index in [9.17, 15) is 9.59 Å². The van der Waals surface area contributed by atoms with Crippen LogP contribution in [0.1, 0.15) is 53.8 Å². The van der Waals surface area contributed by atoms with Crippen LogP contribution in [0.15, 0.2) is 41.5 Å². The number of aryl methyl sites for hydroxylation is 1. The Kier molecular flexibility index (Phi) is 6.77. The summed E-state index contributed by atoms with van der Waals surface area (Å²) in [6.07, 6.45) is 3.14. The molecule has 3 aromatic heterocycles. The molecule has 4 aromatic rings. The van der Waals surface area contributed by atoms with E-state index in [1.165, 1.54) is 6.20 Å². The predicted octanol–water partition coefficient (Wildman–Crippen LogP) is 3.78. The van der Waals surface area contributed by atoms with Gasteiger partial charge in [0, 0.05) is 42.0 Å². The van der Waals surface area contributed by atoms with Gasteiger partial charge in [0.25, 0.3) is 11.5 Å². The van der Waals surface area contributed by atoms with E-state index in [1.54, 1.807) is 12.3 Å². The number of benzene rings is 1. The van der Waals surface area contributed by atoms with E-state index in [4.69, 9.17) is 0 Å². The molecular weight excluding hydrogens is 494 g/mol. The molecule has 0 bridgehead atoms. The highest BCUT2D eigenvalue weighted by molar-refractivity contribution is 6.04. The molecule has 11 heteroatoms. The summed E-state index contributed by atoms with van der Waals surface area (Å²) in [5, 5.41) is 17.6. The number of likely N-dealkylation sites (N-methyl/N-ethyl adjacent to an activating group) is 1. The Morgan fingerprint density at radius 1 is 1.08 bits per heavy atom. The first-order chi connectivity index (χ1) is 18.5. The van der Waals surface area contributed by atoms with Gasteiger partial charge in [-0.3, -0.25) is 24.2 Å². The molecule has 3 N–H and O–H groups in total. The molecule has 0 saturated heterocycles. The van der Waals surface area contributed by atoms with E-state index in [2.05, 4.69) is 47.8 Å². The maximum absolute atomic E-state index is 13.0. The molecule has 1 aliphatic rings. The number of carbonyl (C=O) groups excluding carboxylic acids is 1.